The molecule has 0 aliphatic heterocycles. The van der Waals surface area contributed by atoms with Crippen LogP contribution in [0.3, 0.4) is 0 Å². The fourth-order valence-corrected chi connectivity index (χ4v) is 5.63. The van der Waals surface area contributed by atoms with Crippen molar-refractivity contribution in [1.29, 1.82) is 5.41 Å². The lowest BCUT2D eigenvalue weighted by Crippen LogP contribution is -2.52. The summed E-state index contributed by atoms with van der Waals surface area (Å²) in [6, 6.07) is 10.7. The van der Waals surface area contributed by atoms with E-state index >= 15 is 0 Å². The average Bonchev–Trinajstić information content (AvgIpc) is 3.53. The number of unbranched alkanes of at least 4 members (excludes halogenated alkanes) is 1. The summed E-state index contributed by atoms with van der Waals surface area (Å²) < 4.78 is 16.1. The molecule has 0 unspecified atom stereocenters. The molecule has 0 spiro atoms. The van der Waals surface area contributed by atoms with Gasteiger partial charge in [0.25, 0.3) is 5.91 Å². The van der Waals surface area contributed by atoms with Gasteiger partial charge in [0.15, 0.2) is 17.9 Å². The van der Waals surface area contributed by atoms with Crippen LogP contribution in [-0.4, -0.2) is 76.0 Å². The van der Waals surface area contributed by atoms with E-state index in [0.717, 1.165) is 5.56 Å². The Kier molecular flexibility index (Phi) is 16.1. The maximum atomic E-state index is 14.2. The van der Waals surface area contributed by atoms with E-state index in [1.54, 1.807) is 46.8 Å². The summed E-state index contributed by atoms with van der Waals surface area (Å²) in [5.74, 6) is -0.996. The number of phenolic OH excluding ortho intramolecular Hbond substituents is 1. The van der Waals surface area contributed by atoms with Crippen LogP contribution in [0.5, 0.6) is 5.75 Å². The third-order valence-corrected chi connectivity index (χ3v) is 8.12. The molecule has 2 aromatic carbocycles. The molecule has 0 bridgehead atoms. The molecule has 0 radical (unpaired) electrons. The lowest BCUT2D eigenvalue weighted by molar-refractivity contribution is -0.134. The summed E-state index contributed by atoms with van der Waals surface area (Å²) in [6.45, 7) is 9.42. The number of carbonyl (C=O) groups excluding carboxylic acids is 4. The quantitative estimate of drug-likeness (QED) is 0.0498. The van der Waals surface area contributed by atoms with Crippen molar-refractivity contribution in [1.82, 2.24) is 31.4 Å². The number of nitrogens with two attached hydrogens (primary N) is 2. The van der Waals surface area contributed by atoms with E-state index in [1.807, 2.05) is 30.3 Å². The first-order valence-corrected chi connectivity index (χ1v) is 17.8. The lowest BCUT2D eigenvalue weighted by atomic mass is 9.95. The zero-order valence-electron chi connectivity index (χ0n) is 31.5. The van der Waals surface area contributed by atoms with Crippen molar-refractivity contribution in [3.8, 4) is 5.75 Å². The largest absolute Gasteiger partial charge is 0.508 e. The first kappa shape index (κ1) is 42.5. The molecule has 17 nitrogen and oxygen atoms in total. The van der Waals surface area contributed by atoms with Crippen LogP contribution >= 0.6 is 0 Å². The summed E-state index contributed by atoms with van der Waals surface area (Å²) in [5.41, 5.74) is 13.0. The molecule has 0 saturated carbocycles. The number of nitrogens with zero attached hydrogens (tertiary/aromatic N) is 2. The third kappa shape index (κ3) is 15.0. The molecule has 1 aromatic heterocycles. The van der Waals surface area contributed by atoms with Crippen molar-refractivity contribution >= 4 is 30.0 Å². The predicted octanol–water partition coefficient (Wildman–Crippen LogP) is 3.29. The standard InChI is InChI=1S/C37H53N9O8/c1-22-18-25(47)19-23(2)26(22)21-28(44-32(49)29(52-35(40)50)15-11-17-41-34(38)39)31(48)43-27(14-9-10-16-42-36(51)53-37(3,4)5)33-45-30(46-54-33)20-24-12-7-6-8-13-24/h6-8,12-13,18-19,27-29,47H,9-11,14-17,20-21H2,1-5H3,(H2,40,50)(H,42,51)(H,43,48)(H,44,49)(H4,38,39,41)/t27-,28-,29+/m0/s1. The molecule has 294 valence electrons. The van der Waals surface area contributed by atoms with Crippen LogP contribution in [0.25, 0.3) is 0 Å². The number of ether oxygens (including phenoxy) is 2. The zero-order chi connectivity index (χ0) is 39.8. The van der Waals surface area contributed by atoms with Gasteiger partial charge in [0.05, 0.1) is 0 Å². The molecule has 0 fully saturated rings. The van der Waals surface area contributed by atoms with Crippen LogP contribution < -0.4 is 32.7 Å². The number of primary amides is 1. The van der Waals surface area contributed by atoms with E-state index < -0.39 is 47.8 Å². The highest BCUT2D eigenvalue weighted by atomic mass is 16.6. The number of aromatic hydroxyl groups is 1. The Hall–Kier alpha value is -5.87. The van der Waals surface area contributed by atoms with E-state index in [0.29, 0.717) is 54.7 Å². The molecule has 1 heterocycles. The van der Waals surface area contributed by atoms with Crippen molar-refractivity contribution in [3.63, 3.8) is 0 Å². The molecule has 3 rings (SSSR count). The van der Waals surface area contributed by atoms with Gasteiger partial charge in [-0.1, -0.05) is 35.5 Å². The van der Waals surface area contributed by atoms with Crippen molar-refractivity contribution in [3.05, 3.63) is 76.4 Å². The number of aryl methyl sites for hydroxylation is 2. The monoisotopic (exact) mass is 751 g/mol. The lowest BCUT2D eigenvalue weighted by Gasteiger charge is -2.25. The molecule has 54 heavy (non-hydrogen) atoms. The number of amides is 4. The Morgan fingerprint density at radius 3 is 2.22 bits per heavy atom. The van der Waals surface area contributed by atoms with Crippen LogP contribution in [0, 0.1) is 19.3 Å². The van der Waals surface area contributed by atoms with Gasteiger partial charge in [0.1, 0.15) is 23.4 Å². The average molecular weight is 752 g/mol. The molecular formula is C37H53N9O8. The number of carbonyl (C=O) groups is 4. The van der Waals surface area contributed by atoms with Gasteiger partial charge in [-0.3, -0.25) is 15.0 Å². The third-order valence-electron chi connectivity index (χ3n) is 8.12. The summed E-state index contributed by atoms with van der Waals surface area (Å²) in [6.07, 6.45) is -0.959. The second kappa shape index (κ2) is 20.4. The number of benzene rings is 2. The molecular weight excluding hydrogens is 698 g/mol. The molecule has 0 aliphatic rings. The Balaban J connectivity index is 1.87. The Labute approximate surface area is 314 Å². The van der Waals surface area contributed by atoms with Gasteiger partial charge in [-0.15, -0.1) is 0 Å². The highest BCUT2D eigenvalue weighted by Crippen LogP contribution is 2.24. The Bertz CT molecular complexity index is 1700. The van der Waals surface area contributed by atoms with E-state index in [4.69, 9.17) is 30.9 Å². The van der Waals surface area contributed by atoms with E-state index in [9.17, 15) is 24.3 Å². The molecule has 3 atom stereocenters. The normalized spacial score (nSPS) is 12.8. The summed E-state index contributed by atoms with van der Waals surface area (Å²) in [5, 5.41) is 32.7. The highest BCUT2D eigenvalue weighted by molar-refractivity contribution is 5.90. The molecule has 0 aliphatic carbocycles. The van der Waals surface area contributed by atoms with Crippen molar-refractivity contribution < 1.29 is 38.3 Å². The number of hydrogen-bond acceptors (Lipinski definition) is 11. The van der Waals surface area contributed by atoms with Crippen LogP contribution in [0.15, 0.2) is 47.0 Å². The minimum atomic E-state index is -1.35. The van der Waals surface area contributed by atoms with E-state index in [1.165, 1.54) is 0 Å². The Morgan fingerprint density at radius 1 is 0.926 bits per heavy atom. The smallest absolute Gasteiger partial charge is 0.407 e. The maximum Gasteiger partial charge on any atom is 0.407 e. The van der Waals surface area contributed by atoms with Gasteiger partial charge in [-0.25, -0.2) is 9.59 Å². The zero-order valence-corrected chi connectivity index (χ0v) is 31.5. The number of aromatic nitrogens is 2. The Morgan fingerprint density at radius 2 is 1.59 bits per heavy atom. The van der Waals surface area contributed by atoms with Crippen LogP contribution in [-0.2, 0) is 31.9 Å². The van der Waals surface area contributed by atoms with Crippen molar-refractivity contribution in [2.75, 3.05) is 13.1 Å². The molecule has 0 saturated heterocycles. The fourth-order valence-electron chi connectivity index (χ4n) is 5.63. The summed E-state index contributed by atoms with van der Waals surface area (Å²) in [4.78, 5) is 56.3. The van der Waals surface area contributed by atoms with Crippen LogP contribution in [0.4, 0.5) is 9.59 Å². The van der Waals surface area contributed by atoms with Gasteiger partial charge in [-0.2, -0.15) is 4.98 Å². The SMILES string of the molecule is Cc1cc(O)cc(C)c1C[C@H](NC(=O)[C@@H](CCCNC(=N)N)OC(N)=O)C(=O)N[C@@H](CCCCNC(=O)OC(C)(C)C)c1nc(Cc2ccccc2)no1. The minimum Gasteiger partial charge on any atom is -0.508 e. The topological polar surface area (TPSA) is 270 Å². The second-order valence-electron chi connectivity index (χ2n) is 13.9. The molecule has 17 heteroatoms. The van der Waals surface area contributed by atoms with Gasteiger partial charge in [-0.05, 0) is 101 Å². The van der Waals surface area contributed by atoms with E-state index in [-0.39, 0.29) is 43.4 Å². The molecule has 3 aromatic rings. The predicted molar refractivity (Wildman–Crippen MR) is 199 cm³/mol. The number of nitrogens with one attached hydrogen (secondary N) is 5. The first-order valence-electron chi connectivity index (χ1n) is 17.8. The number of hydrogen-bond donors (Lipinski definition) is 8. The number of guanidine groups is 1. The molecule has 4 amide bonds. The maximum absolute atomic E-state index is 14.2. The van der Waals surface area contributed by atoms with Crippen LogP contribution in [0.2, 0.25) is 0 Å². The van der Waals surface area contributed by atoms with Crippen molar-refractivity contribution in [2.24, 2.45) is 11.5 Å². The number of rotatable bonds is 19. The fraction of sp³-hybridized carbons (Fsp3) is 0.486. The van der Waals surface area contributed by atoms with Crippen LogP contribution in [0.1, 0.15) is 92.9 Å². The van der Waals surface area contributed by atoms with Crippen molar-refractivity contribution in [2.45, 2.75) is 103 Å². The number of phenols is 1. The first-order chi connectivity index (χ1) is 25.5. The van der Waals surface area contributed by atoms with Gasteiger partial charge >= 0.3 is 12.2 Å². The number of alkyl carbamates (subject to hydrolysis) is 1. The molecule has 10 N–H and O–H groups in total. The van der Waals surface area contributed by atoms with E-state index in [2.05, 4.69) is 31.4 Å². The van der Waals surface area contributed by atoms with Gasteiger partial charge < -0.3 is 51.8 Å². The highest BCUT2D eigenvalue weighted by Gasteiger charge is 2.31. The van der Waals surface area contributed by atoms with Gasteiger partial charge in [0, 0.05) is 25.9 Å². The summed E-state index contributed by atoms with van der Waals surface area (Å²) >= 11 is 0. The summed E-state index contributed by atoms with van der Waals surface area (Å²) in [7, 11) is 0. The second-order valence-corrected chi connectivity index (χ2v) is 13.9. The van der Waals surface area contributed by atoms with Gasteiger partial charge in [0.2, 0.25) is 11.8 Å². The minimum absolute atomic E-state index is 0.0142.